The molecule has 0 saturated carbocycles. The topological polar surface area (TPSA) is 134 Å². The molecular formula is C43H54N6O5. The SMILES string of the molecule is C=CC1=C(C)c2cc3[nH]c(c4c5[nH]c(cc6nc(cc1n2)C(C)=C6CC)c(C)c5C(=O)N(CCCC)C4=O)[C@@H](CCC(=O)N(C)CCOCCOC)[C@@H]3C. The largest absolute Gasteiger partial charge is 0.382 e. The van der Waals surface area contributed by atoms with Crippen LogP contribution >= 0.6 is 0 Å². The number of aromatic nitrogens is 4. The highest BCUT2D eigenvalue weighted by Crippen LogP contribution is 2.45. The Morgan fingerprint density at radius 3 is 2.39 bits per heavy atom. The number of methoxy groups -OCH3 is 1. The van der Waals surface area contributed by atoms with Crippen LogP contribution in [0.5, 0.6) is 0 Å². The Bertz CT molecular complexity index is 2140. The first-order valence-corrected chi connectivity index (χ1v) is 19.2. The van der Waals surface area contributed by atoms with Crippen LogP contribution in [-0.4, -0.2) is 94.5 Å². The number of aryl methyl sites for hydroxylation is 1. The number of rotatable bonds is 14. The van der Waals surface area contributed by atoms with Gasteiger partial charge < -0.3 is 24.3 Å². The fourth-order valence-electron chi connectivity index (χ4n) is 7.99. The minimum atomic E-state index is -0.334. The third-order valence-corrected chi connectivity index (χ3v) is 11.4. The second-order valence-corrected chi connectivity index (χ2v) is 14.6. The molecule has 0 fully saturated rings. The molecule has 0 aromatic carbocycles. The van der Waals surface area contributed by atoms with Crippen LogP contribution in [0.1, 0.15) is 139 Å². The van der Waals surface area contributed by atoms with Crippen molar-refractivity contribution in [2.24, 2.45) is 0 Å². The number of unbranched alkanes of at least 4 members (excludes halogenated alkanes) is 1. The minimum absolute atomic E-state index is 0.00604. The van der Waals surface area contributed by atoms with Gasteiger partial charge in [-0.3, -0.25) is 19.3 Å². The van der Waals surface area contributed by atoms with Gasteiger partial charge in [-0.15, -0.1) is 0 Å². The second kappa shape index (κ2) is 16.2. The monoisotopic (exact) mass is 734 g/mol. The summed E-state index contributed by atoms with van der Waals surface area (Å²) in [5, 5.41) is 0. The molecule has 0 saturated heterocycles. The van der Waals surface area contributed by atoms with E-state index in [9.17, 15) is 14.4 Å². The minimum Gasteiger partial charge on any atom is -0.382 e. The third-order valence-electron chi connectivity index (χ3n) is 11.4. The molecule has 4 aliphatic heterocycles. The average molecular weight is 735 g/mol. The van der Waals surface area contributed by atoms with Gasteiger partial charge in [0.25, 0.3) is 11.8 Å². The fourth-order valence-corrected chi connectivity index (χ4v) is 7.99. The summed E-state index contributed by atoms with van der Waals surface area (Å²) in [7, 11) is 3.41. The van der Waals surface area contributed by atoms with E-state index in [4.69, 9.17) is 19.4 Å². The first-order valence-electron chi connectivity index (χ1n) is 19.2. The summed E-state index contributed by atoms with van der Waals surface area (Å²) in [4.78, 5) is 63.0. The number of hydrogen-bond acceptors (Lipinski definition) is 7. The number of allylic oxidation sites excluding steroid dienone is 5. The van der Waals surface area contributed by atoms with Gasteiger partial charge in [-0.25, -0.2) is 9.97 Å². The van der Waals surface area contributed by atoms with E-state index in [-0.39, 0.29) is 36.0 Å². The van der Waals surface area contributed by atoms with Gasteiger partial charge in [0, 0.05) is 68.0 Å². The van der Waals surface area contributed by atoms with E-state index >= 15 is 0 Å². The maximum absolute atomic E-state index is 14.7. The molecule has 6 rings (SSSR count). The lowest BCUT2D eigenvalue weighted by molar-refractivity contribution is -0.130. The Kier molecular flexibility index (Phi) is 11.7. The van der Waals surface area contributed by atoms with Crippen LogP contribution in [0.15, 0.2) is 30.9 Å². The maximum Gasteiger partial charge on any atom is 0.264 e. The Labute approximate surface area is 318 Å². The van der Waals surface area contributed by atoms with Gasteiger partial charge in [0.15, 0.2) is 0 Å². The summed E-state index contributed by atoms with van der Waals surface area (Å²) in [6.45, 7) is 18.6. The Morgan fingerprint density at radius 2 is 1.69 bits per heavy atom. The van der Waals surface area contributed by atoms with Gasteiger partial charge in [0.2, 0.25) is 5.91 Å². The van der Waals surface area contributed by atoms with Crippen molar-refractivity contribution in [3.8, 4) is 0 Å². The van der Waals surface area contributed by atoms with Crippen molar-refractivity contribution in [2.75, 3.05) is 47.1 Å². The lowest BCUT2D eigenvalue weighted by Crippen LogP contribution is -2.41. The quantitative estimate of drug-likeness (QED) is 0.149. The first kappa shape index (κ1) is 38.8. The lowest BCUT2D eigenvalue weighted by atomic mass is 9.84. The predicted octanol–water partition coefficient (Wildman–Crippen LogP) is 7.99. The van der Waals surface area contributed by atoms with E-state index in [1.807, 2.05) is 39.0 Å². The predicted molar refractivity (Wildman–Crippen MR) is 214 cm³/mol. The summed E-state index contributed by atoms with van der Waals surface area (Å²) in [6.07, 6.45) is 4.91. The highest BCUT2D eigenvalue weighted by molar-refractivity contribution is 6.23. The molecule has 2 N–H and O–H groups in total. The number of imide groups is 1. The zero-order valence-electron chi connectivity index (χ0n) is 33.1. The van der Waals surface area contributed by atoms with Crippen LogP contribution in [0.2, 0.25) is 0 Å². The molecule has 0 aliphatic carbocycles. The summed E-state index contributed by atoms with van der Waals surface area (Å²) in [5.74, 6) is -0.949. The standard InChI is InChI=1S/C43H54N6O5/c1-10-13-16-49-42(51)38-27(7)34-23-36-29(12-3)25(5)32(45-36)22-35-28(11-2)24(4)31(44-35)21-33-26(6)30(40(46-33)39(43(49)52)41(38)47-34)14-15-37(50)48(8)17-18-54-20-19-53-9/h11,21-23,26,30,46-47H,2,10,12-20H2,1,3-9H3/t26-,30-/m0/s1. The van der Waals surface area contributed by atoms with Gasteiger partial charge in [-0.05, 0) is 80.5 Å². The molecule has 2 aromatic rings. The first-order chi connectivity index (χ1) is 25.9. The lowest BCUT2D eigenvalue weighted by Gasteiger charge is -2.27. The van der Waals surface area contributed by atoms with Crippen LogP contribution < -0.4 is 0 Å². The zero-order chi connectivity index (χ0) is 38.8. The van der Waals surface area contributed by atoms with Crippen molar-refractivity contribution in [1.29, 1.82) is 0 Å². The van der Waals surface area contributed by atoms with Crippen LogP contribution in [0, 0.1) is 6.92 Å². The van der Waals surface area contributed by atoms with E-state index in [1.165, 1.54) is 4.90 Å². The van der Waals surface area contributed by atoms with E-state index in [0.717, 1.165) is 74.7 Å². The van der Waals surface area contributed by atoms with Gasteiger partial charge >= 0.3 is 0 Å². The molecule has 3 amide bonds. The summed E-state index contributed by atoms with van der Waals surface area (Å²) in [6, 6.07) is 6.10. The molecular weight excluding hydrogens is 681 g/mol. The molecule has 11 nitrogen and oxygen atoms in total. The third kappa shape index (κ3) is 7.07. The molecule has 4 aliphatic rings. The number of likely N-dealkylation sites (N-methyl/N-ethyl adjacent to an activating group) is 1. The van der Waals surface area contributed by atoms with E-state index in [0.29, 0.717) is 68.1 Å². The Balaban J connectivity index is 1.59. The number of carbonyl (C=O) groups excluding carboxylic acids is 3. The van der Waals surface area contributed by atoms with Crippen molar-refractivity contribution in [3.05, 3.63) is 81.7 Å². The molecule has 2 atom stereocenters. The number of ether oxygens (including phenoxy) is 2. The van der Waals surface area contributed by atoms with E-state index < -0.39 is 0 Å². The normalized spacial score (nSPS) is 17.4. The van der Waals surface area contributed by atoms with Crippen molar-refractivity contribution >= 4 is 51.0 Å². The van der Waals surface area contributed by atoms with Crippen LogP contribution in [0.3, 0.4) is 0 Å². The molecule has 11 heteroatoms. The Hall–Kier alpha value is -4.87. The van der Waals surface area contributed by atoms with Crippen LogP contribution in [-0.2, 0) is 14.3 Å². The number of nitrogens with one attached hydrogen (secondary N) is 2. The second-order valence-electron chi connectivity index (χ2n) is 14.6. The number of aromatic amines is 2. The number of hydrogen-bond donors (Lipinski definition) is 2. The average Bonchev–Trinajstić information content (AvgIpc) is 3.83. The van der Waals surface area contributed by atoms with Gasteiger partial charge in [-0.1, -0.05) is 39.8 Å². The van der Waals surface area contributed by atoms with Crippen molar-refractivity contribution in [2.45, 2.75) is 85.5 Å². The molecule has 2 aromatic heterocycles. The van der Waals surface area contributed by atoms with E-state index in [1.54, 1.807) is 19.1 Å². The molecule has 0 spiro atoms. The highest BCUT2D eigenvalue weighted by atomic mass is 16.5. The number of nitrogens with zero attached hydrogens (tertiary/aromatic N) is 4. The van der Waals surface area contributed by atoms with Crippen molar-refractivity contribution in [1.82, 2.24) is 29.7 Å². The summed E-state index contributed by atoms with van der Waals surface area (Å²) in [5.41, 5.74) is 11.9. The van der Waals surface area contributed by atoms with Gasteiger partial charge in [-0.2, -0.15) is 0 Å². The highest BCUT2D eigenvalue weighted by Gasteiger charge is 2.40. The molecule has 0 radical (unpaired) electrons. The van der Waals surface area contributed by atoms with Crippen molar-refractivity contribution < 1.29 is 23.9 Å². The summed E-state index contributed by atoms with van der Waals surface area (Å²) >= 11 is 0. The molecule has 6 heterocycles. The molecule has 54 heavy (non-hydrogen) atoms. The zero-order valence-corrected chi connectivity index (χ0v) is 33.1. The molecule has 286 valence electrons. The van der Waals surface area contributed by atoms with Crippen LogP contribution in [0.4, 0.5) is 0 Å². The number of amides is 3. The fraction of sp³-hybridized carbons (Fsp3) is 0.465. The maximum atomic E-state index is 14.7. The van der Waals surface area contributed by atoms with Gasteiger partial charge in [0.05, 0.1) is 59.2 Å². The number of carbonyl (C=O) groups is 3. The number of fused-ring (bicyclic) bond motifs is 8. The van der Waals surface area contributed by atoms with Gasteiger partial charge in [0.1, 0.15) is 0 Å². The van der Waals surface area contributed by atoms with E-state index in [2.05, 4.69) is 43.4 Å². The smallest absolute Gasteiger partial charge is 0.264 e. The molecule has 0 unspecified atom stereocenters. The number of H-pyrrole nitrogens is 2. The van der Waals surface area contributed by atoms with Crippen molar-refractivity contribution in [3.63, 3.8) is 0 Å². The summed E-state index contributed by atoms with van der Waals surface area (Å²) < 4.78 is 10.7. The molecule has 8 bridgehead atoms. The Morgan fingerprint density at radius 1 is 0.963 bits per heavy atom. The van der Waals surface area contributed by atoms with Crippen LogP contribution in [0.25, 0.3) is 33.3 Å².